The third-order valence-corrected chi connectivity index (χ3v) is 7.12. The van der Waals surface area contributed by atoms with E-state index in [1.165, 1.54) is 13.8 Å². The van der Waals surface area contributed by atoms with E-state index in [0.717, 1.165) is 42.1 Å². The van der Waals surface area contributed by atoms with Crippen LogP contribution in [0.1, 0.15) is 25.0 Å². The lowest BCUT2D eigenvalue weighted by molar-refractivity contribution is -0.107. The number of hydrogen-bond acceptors (Lipinski definition) is 5. The summed E-state index contributed by atoms with van der Waals surface area (Å²) in [5, 5.41) is 1.13. The van der Waals surface area contributed by atoms with Crippen molar-refractivity contribution in [1.29, 1.82) is 0 Å². The van der Waals surface area contributed by atoms with Gasteiger partial charge in [0.1, 0.15) is 6.29 Å². The Labute approximate surface area is 183 Å². The minimum Gasteiger partial charge on any atom is -0.343 e. The lowest BCUT2D eigenvalue weighted by atomic mass is 10.1. The first-order valence-electron chi connectivity index (χ1n) is 9.61. The number of aldehydes is 1. The van der Waals surface area contributed by atoms with Gasteiger partial charge in [0.2, 0.25) is 0 Å². The molecule has 1 aliphatic rings. The van der Waals surface area contributed by atoms with Crippen LogP contribution in [0.5, 0.6) is 0 Å². The Morgan fingerprint density at radius 2 is 1.96 bits per heavy atom. The van der Waals surface area contributed by atoms with Gasteiger partial charge in [0.15, 0.2) is 5.13 Å². The molecule has 0 amide bonds. The van der Waals surface area contributed by atoms with Gasteiger partial charge in [0.25, 0.3) is 0 Å². The second kappa shape index (κ2) is 8.47. The number of carbonyl (C=O) groups is 1. The number of nitrogens with zero attached hydrogens (tertiary/aromatic N) is 3. The Bertz CT molecular complexity index is 989. The predicted octanol–water partition coefficient (Wildman–Crippen LogP) is 4.74. The Morgan fingerprint density at radius 1 is 1.14 bits per heavy atom. The molecule has 4 rings (SSSR count). The first kappa shape index (κ1) is 19.8. The normalized spacial score (nSPS) is 20.6. The lowest BCUT2D eigenvalue weighted by Gasteiger charge is -2.44. The molecular weight excluding hydrogens is 481 g/mol. The largest absolute Gasteiger partial charge is 0.343 e. The lowest BCUT2D eigenvalue weighted by Crippen LogP contribution is -2.56. The maximum Gasteiger partial charge on any atom is 0.186 e. The van der Waals surface area contributed by atoms with Gasteiger partial charge in [0.05, 0.1) is 10.2 Å². The molecule has 0 saturated carbocycles. The van der Waals surface area contributed by atoms with Crippen molar-refractivity contribution in [2.24, 2.45) is 0 Å². The monoisotopic (exact) mass is 505 g/mol. The van der Waals surface area contributed by atoms with Gasteiger partial charge in [-0.15, -0.1) is 0 Å². The van der Waals surface area contributed by atoms with E-state index in [1.807, 2.05) is 6.07 Å². The van der Waals surface area contributed by atoms with Crippen molar-refractivity contribution in [1.82, 2.24) is 9.88 Å². The average Bonchev–Trinajstić information content (AvgIpc) is 3.08. The topological polar surface area (TPSA) is 36.4 Å². The summed E-state index contributed by atoms with van der Waals surface area (Å²) in [6.45, 7) is 7.49. The number of aromatic nitrogens is 1. The molecule has 6 heteroatoms. The van der Waals surface area contributed by atoms with Crippen LogP contribution in [0, 0.1) is 3.57 Å². The van der Waals surface area contributed by atoms with Gasteiger partial charge < -0.3 is 9.69 Å². The van der Waals surface area contributed by atoms with Gasteiger partial charge in [-0.3, -0.25) is 4.90 Å². The molecule has 0 N–H and O–H groups in total. The maximum atomic E-state index is 10.8. The molecule has 1 saturated heterocycles. The zero-order chi connectivity index (χ0) is 19.7. The van der Waals surface area contributed by atoms with E-state index in [-0.39, 0.29) is 0 Å². The SMILES string of the molecule is CC1CN(c2nc3ccc(I)cc3s2)C(C)CN1Cc1cccc(CC=O)c1. The number of halogens is 1. The number of anilines is 1. The van der Waals surface area contributed by atoms with Gasteiger partial charge in [-0.1, -0.05) is 35.6 Å². The van der Waals surface area contributed by atoms with E-state index in [0.29, 0.717) is 18.5 Å². The Morgan fingerprint density at radius 3 is 2.79 bits per heavy atom. The Balaban J connectivity index is 1.49. The summed E-state index contributed by atoms with van der Waals surface area (Å²) < 4.78 is 2.51. The molecule has 146 valence electrons. The number of rotatable bonds is 5. The van der Waals surface area contributed by atoms with E-state index >= 15 is 0 Å². The third kappa shape index (κ3) is 4.23. The highest BCUT2D eigenvalue weighted by Gasteiger charge is 2.30. The molecule has 28 heavy (non-hydrogen) atoms. The zero-order valence-corrected chi connectivity index (χ0v) is 19.1. The summed E-state index contributed by atoms with van der Waals surface area (Å²) in [6.07, 6.45) is 1.46. The predicted molar refractivity (Wildman–Crippen MR) is 125 cm³/mol. The molecule has 0 radical (unpaired) electrons. The summed E-state index contributed by atoms with van der Waals surface area (Å²) in [5.41, 5.74) is 3.46. The first-order chi connectivity index (χ1) is 13.5. The quantitative estimate of drug-likeness (QED) is 0.371. The van der Waals surface area contributed by atoms with Crippen molar-refractivity contribution in [2.75, 3.05) is 18.0 Å². The zero-order valence-electron chi connectivity index (χ0n) is 16.1. The fourth-order valence-electron chi connectivity index (χ4n) is 3.88. The fraction of sp³-hybridized carbons (Fsp3) is 0.364. The second-order valence-corrected chi connectivity index (χ2v) is 9.83. The van der Waals surface area contributed by atoms with Gasteiger partial charge in [-0.25, -0.2) is 4.98 Å². The molecule has 2 heterocycles. The molecule has 0 aliphatic carbocycles. The second-order valence-electron chi connectivity index (χ2n) is 7.58. The van der Waals surface area contributed by atoms with Crippen molar-refractivity contribution < 1.29 is 4.79 Å². The highest BCUT2D eigenvalue weighted by Crippen LogP contribution is 2.33. The van der Waals surface area contributed by atoms with Crippen LogP contribution >= 0.6 is 33.9 Å². The molecule has 2 atom stereocenters. The average molecular weight is 505 g/mol. The molecule has 1 aromatic heterocycles. The summed E-state index contributed by atoms with van der Waals surface area (Å²) in [4.78, 5) is 20.7. The van der Waals surface area contributed by atoms with Crippen LogP contribution < -0.4 is 4.90 Å². The van der Waals surface area contributed by atoms with Crippen LogP contribution in [0.4, 0.5) is 5.13 Å². The molecule has 4 nitrogen and oxygen atoms in total. The van der Waals surface area contributed by atoms with E-state index < -0.39 is 0 Å². The van der Waals surface area contributed by atoms with E-state index in [2.05, 4.69) is 82.6 Å². The Kier molecular flexibility index (Phi) is 5.99. The van der Waals surface area contributed by atoms with E-state index in [4.69, 9.17) is 4.98 Å². The van der Waals surface area contributed by atoms with E-state index in [9.17, 15) is 4.79 Å². The van der Waals surface area contributed by atoms with Crippen LogP contribution in [0.15, 0.2) is 42.5 Å². The third-order valence-electron chi connectivity index (χ3n) is 5.40. The molecule has 1 fully saturated rings. The first-order valence-corrected chi connectivity index (χ1v) is 11.5. The number of fused-ring (bicyclic) bond motifs is 1. The van der Waals surface area contributed by atoms with Gasteiger partial charge in [-0.05, 0) is 65.8 Å². The Hall–Kier alpha value is -1.51. The van der Waals surface area contributed by atoms with Crippen molar-refractivity contribution >= 4 is 55.6 Å². The fourth-order valence-corrected chi connectivity index (χ4v) is 5.70. The number of carbonyl (C=O) groups excluding carboxylic acids is 1. The molecule has 0 bridgehead atoms. The number of hydrogen-bond donors (Lipinski definition) is 0. The molecule has 2 aromatic carbocycles. The van der Waals surface area contributed by atoms with Crippen molar-refractivity contribution in [3.8, 4) is 0 Å². The smallest absolute Gasteiger partial charge is 0.186 e. The summed E-state index contributed by atoms with van der Waals surface area (Å²) in [6, 6.07) is 15.7. The number of piperazine rings is 1. The molecule has 3 aromatic rings. The minimum atomic E-state index is 0.411. The van der Waals surface area contributed by atoms with Gasteiger partial charge in [-0.2, -0.15) is 0 Å². The molecule has 2 unspecified atom stereocenters. The highest BCUT2D eigenvalue weighted by atomic mass is 127. The van der Waals surface area contributed by atoms with Crippen LogP contribution in [-0.2, 0) is 17.8 Å². The summed E-state index contributed by atoms with van der Waals surface area (Å²) in [5.74, 6) is 0. The van der Waals surface area contributed by atoms with Crippen molar-refractivity contribution in [3.05, 3.63) is 57.2 Å². The summed E-state index contributed by atoms with van der Waals surface area (Å²) in [7, 11) is 0. The molecule has 0 spiro atoms. The van der Waals surface area contributed by atoms with Crippen molar-refractivity contribution in [3.63, 3.8) is 0 Å². The number of benzene rings is 2. The van der Waals surface area contributed by atoms with Crippen LogP contribution in [-0.4, -0.2) is 41.3 Å². The molecular formula is C22H24IN3OS. The highest BCUT2D eigenvalue weighted by molar-refractivity contribution is 14.1. The van der Waals surface area contributed by atoms with Crippen LogP contribution in [0.3, 0.4) is 0 Å². The minimum absolute atomic E-state index is 0.411. The molecule has 1 aliphatic heterocycles. The van der Waals surface area contributed by atoms with Crippen LogP contribution in [0.25, 0.3) is 10.2 Å². The van der Waals surface area contributed by atoms with Crippen molar-refractivity contribution in [2.45, 2.75) is 38.9 Å². The van der Waals surface area contributed by atoms with Gasteiger partial charge >= 0.3 is 0 Å². The number of thiazole rings is 1. The maximum absolute atomic E-state index is 10.8. The van der Waals surface area contributed by atoms with E-state index in [1.54, 1.807) is 11.3 Å². The van der Waals surface area contributed by atoms with Crippen LogP contribution in [0.2, 0.25) is 0 Å². The standard InChI is InChI=1S/C22H24IN3OS/c1-15-13-26(22-24-20-7-6-19(23)11-21(20)28-22)16(2)12-25(15)14-18-5-3-4-17(10-18)8-9-27/h3-7,9-11,15-16H,8,12-14H2,1-2H3. The summed E-state index contributed by atoms with van der Waals surface area (Å²) >= 11 is 4.15. The van der Waals surface area contributed by atoms with Gasteiger partial charge in [0, 0.05) is 41.7 Å².